The van der Waals surface area contributed by atoms with Gasteiger partial charge in [-0.15, -0.1) is 0 Å². The van der Waals surface area contributed by atoms with Crippen molar-refractivity contribution in [1.29, 1.82) is 0 Å². The standard InChI is InChI=1S/C20H14ClF3N2O4S/c21-13-7-8-16(30-11-20(22,23)24)14(9-13)25-18(27)10-26-15-5-1-3-12-4-2-6-17(19(12)15)31(26,28)29/h1-9H,10-11H2,(H,25,27). The van der Waals surface area contributed by atoms with Crippen LogP contribution in [0.15, 0.2) is 59.5 Å². The van der Waals surface area contributed by atoms with Crippen LogP contribution < -0.4 is 14.4 Å². The maximum Gasteiger partial charge on any atom is 0.422 e. The van der Waals surface area contributed by atoms with Crippen LogP contribution in [-0.4, -0.2) is 33.7 Å². The fourth-order valence-corrected chi connectivity index (χ4v) is 5.17. The van der Waals surface area contributed by atoms with Gasteiger partial charge in [0.15, 0.2) is 6.61 Å². The number of hydrogen-bond donors (Lipinski definition) is 1. The smallest absolute Gasteiger partial charge is 0.422 e. The maximum atomic E-state index is 13.0. The van der Waals surface area contributed by atoms with E-state index in [1.54, 1.807) is 30.3 Å². The maximum absolute atomic E-state index is 13.0. The minimum absolute atomic E-state index is 0.0883. The lowest BCUT2D eigenvalue weighted by Gasteiger charge is -2.19. The summed E-state index contributed by atoms with van der Waals surface area (Å²) in [6, 6.07) is 13.6. The number of nitrogens with zero attached hydrogens (tertiary/aromatic N) is 1. The molecule has 0 atom stereocenters. The summed E-state index contributed by atoms with van der Waals surface area (Å²) in [6.07, 6.45) is -4.57. The first-order valence-corrected chi connectivity index (χ1v) is 10.7. The molecule has 0 fully saturated rings. The lowest BCUT2D eigenvalue weighted by Crippen LogP contribution is -2.35. The second-order valence-corrected chi connectivity index (χ2v) is 9.00. The zero-order chi connectivity index (χ0) is 22.4. The van der Waals surface area contributed by atoms with Gasteiger partial charge in [0.1, 0.15) is 12.3 Å². The van der Waals surface area contributed by atoms with Crippen LogP contribution in [0.4, 0.5) is 24.5 Å². The zero-order valence-corrected chi connectivity index (χ0v) is 17.2. The summed E-state index contributed by atoms with van der Waals surface area (Å²) in [5, 5.41) is 3.76. The van der Waals surface area contributed by atoms with E-state index in [0.717, 1.165) is 4.31 Å². The molecule has 1 amide bonds. The summed E-state index contributed by atoms with van der Waals surface area (Å²) in [5.74, 6) is -1.02. The Labute approximate surface area is 180 Å². The van der Waals surface area contributed by atoms with Crippen LogP contribution >= 0.6 is 11.6 Å². The number of nitrogens with one attached hydrogen (secondary N) is 1. The summed E-state index contributed by atoms with van der Waals surface area (Å²) in [4.78, 5) is 12.7. The second-order valence-electron chi connectivity index (χ2n) is 6.74. The van der Waals surface area contributed by atoms with Crippen LogP contribution in [-0.2, 0) is 14.8 Å². The molecular formula is C20H14ClF3N2O4S. The predicted molar refractivity (Wildman–Crippen MR) is 110 cm³/mol. The van der Waals surface area contributed by atoms with Gasteiger partial charge in [0.25, 0.3) is 10.0 Å². The topological polar surface area (TPSA) is 75.7 Å². The lowest BCUT2D eigenvalue weighted by atomic mass is 10.1. The number of hydrogen-bond acceptors (Lipinski definition) is 4. The summed E-state index contributed by atoms with van der Waals surface area (Å²) in [7, 11) is -3.97. The molecular weight excluding hydrogens is 457 g/mol. The van der Waals surface area contributed by atoms with Crippen molar-refractivity contribution in [2.45, 2.75) is 11.1 Å². The summed E-state index contributed by atoms with van der Waals surface area (Å²) in [5.41, 5.74) is 0.247. The average molecular weight is 471 g/mol. The molecule has 31 heavy (non-hydrogen) atoms. The summed E-state index contributed by atoms with van der Waals surface area (Å²) < 4.78 is 69.1. The molecule has 1 aliphatic heterocycles. The molecule has 0 unspecified atom stereocenters. The Balaban J connectivity index is 1.59. The van der Waals surface area contributed by atoms with Crippen LogP contribution in [0.1, 0.15) is 0 Å². The third kappa shape index (κ3) is 4.13. The number of ether oxygens (including phenoxy) is 1. The zero-order valence-electron chi connectivity index (χ0n) is 15.6. The van der Waals surface area contributed by atoms with E-state index in [4.69, 9.17) is 16.3 Å². The van der Waals surface area contributed by atoms with Gasteiger partial charge in [-0.25, -0.2) is 8.42 Å². The number of sulfonamides is 1. The van der Waals surface area contributed by atoms with Crippen molar-refractivity contribution >= 4 is 49.7 Å². The highest BCUT2D eigenvalue weighted by atomic mass is 35.5. The Morgan fingerprint density at radius 3 is 2.52 bits per heavy atom. The number of halogens is 4. The first-order chi connectivity index (χ1) is 14.6. The van der Waals surface area contributed by atoms with Gasteiger partial charge in [-0.05, 0) is 35.7 Å². The van der Waals surface area contributed by atoms with Crippen LogP contribution in [0.25, 0.3) is 10.8 Å². The molecule has 1 heterocycles. The predicted octanol–water partition coefficient (Wildman–Crippen LogP) is 4.58. The average Bonchev–Trinajstić information content (AvgIpc) is 2.90. The quantitative estimate of drug-likeness (QED) is 0.592. The monoisotopic (exact) mass is 470 g/mol. The number of benzene rings is 3. The van der Waals surface area contributed by atoms with Crippen molar-refractivity contribution in [2.24, 2.45) is 0 Å². The molecule has 0 radical (unpaired) electrons. The number of alkyl halides is 3. The third-order valence-corrected chi connectivity index (χ3v) is 6.61. The summed E-state index contributed by atoms with van der Waals surface area (Å²) in [6.45, 7) is -2.14. The Morgan fingerprint density at radius 1 is 1.10 bits per heavy atom. The molecule has 1 N–H and O–H groups in total. The highest BCUT2D eigenvalue weighted by molar-refractivity contribution is 7.93. The Hall–Kier alpha value is -2.98. The molecule has 0 saturated heterocycles. The van der Waals surface area contributed by atoms with Crippen molar-refractivity contribution in [2.75, 3.05) is 22.8 Å². The van der Waals surface area contributed by atoms with Crippen LogP contribution in [0.5, 0.6) is 5.75 Å². The van der Waals surface area contributed by atoms with Gasteiger partial charge < -0.3 is 10.1 Å². The molecule has 162 valence electrons. The number of rotatable bonds is 5. The highest BCUT2D eigenvalue weighted by Crippen LogP contribution is 2.41. The molecule has 3 aromatic rings. The molecule has 0 aliphatic carbocycles. The third-order valence-electron chi connectivity index (χ3n) is 4.58. The molecule has 6 nitrogen and oxygen atoms in total. The van der Waals surface area contributed by atoms with Gasteiger partial charge in [0.05, 0.1) is 16.3 Å². The lowest BCUT2D eigenvalue weighted by molar-refractivity contribution is -0.153. The SMILES string of the molecule is O=C(CN1c2cccc3cccc(c23)S1(=O)=O)Nc1cc(Cl)ccc1OCC(F)(F)F. The number of amides is 1. The fourth-order valence-electron chi connectivity index (χ4n) is 3.33. The van der Waals surface area contributed by atoms with Gasteiger partial charge in [-0.2, -0.15) is 13.2 Å². The fraction of sp³-hybridized carbons (Fsp3) is 0.150. The number of carbonyl (C=O) groups is 1. The molecule has 0 bridgehead atoms. The van der Waals surface area contributed by atoms with Crippen molar-refractivity contribution < 1.29 is 31.1 Å². The molecule has 3 aromatic carbocycles. The van der Waals surface area contributed by atoms with E-state index in [1.165, 1.54) is 24.3 Å². The van der Waals surface area contributed by atoms with Gasteiger partial charge in [-0.1, -0.05) is 35.9 Å². The molecule has 0 saturated carbocycles. The minimum Gasteiger partial charge on any atom is -0.482 e. The van der Waals surface area contributed by atoms with Crippen LogP contribution in [0.3, 0.4) is 0 Å². The second kappa shape index (κ2) is 7.61. The normalized spacial score (nSPS) is 14.6. The molecule has 1 aliphatic rings. The highest BCUT2D eigenvalue weighted by Gasteiger charge is 2.36. The van der Waals surface area contributed by atoms with Gasteiger partial charge in [-0.3, -0.25) is 9.10 Å². The number of anilines is 2. The van der Waals surface area contributed by atoms with E-state index >= 15 is 0 Å². The Kier molecular flexibility index (Phi) is 5.22. The van der Waals surface area contributed by atoms with Gasteiger partial charge in [0.2, 0.25) is 5.91 Å². The van der Waals surface area contributed by atoms with E-state index in [0.29, 0.717) is 16.5 Å². The molecule has 11 heteroatoms. The molecule has 0 aromatic heterocycles. The first kappa shape index (κ1) is 21.3. The molecule has 0 spiro atoms. The first-order valence-electron chi connectivity index (χ1n) is 8.90. The van der Waals surface area contributed by atoms with Crippen molar-refractivity contribution in [3.8, 4) is 5.75 Å². The van der Waals surface area contributed by atoms with E-state index in [2.05, 4.69) is 5.32 Å². The van der Waals surface area contributed by atoms with E-state index < -0.39 is 35.3 Å². The number of carbonyl (C=O) groups excluding carboxylic acids is 1. The van der Waals surface area contributed by atoms with E-state index in [-0.39, 0.29) is 21.4 Å². The largest absolute Gasteiger partial charge is 0.482 e. The van der Waals surface area contributed by atoms with Crippen molar-refractivity contribution in [3.63, 3.8) is 0 Å². The van der Waals surface area contributed by atoms with Crippen molar-refractivity contribution in [3.05, 3.63) is 59.6 Å². The summed E-state index contributed by atoms with van der Waals surface area (Å²) >= 11 is 5.89. The van der Waals surface area contributed by atoms with Crippen LogP contribution in [0.2, 0.25) is 5.02 Å². The Bertz CT molecular complexity index is 1290. The van der Waals surface area contributed by atoms with E-state index in [1.807, 2.05) is 0 Å². The minimum atomic E-state index is -4.57. The van der Waals surface area contributed by atoms with Gasteiger partial charge >= 0.3 is 6.18 Å². The van der Waals surface area contributed by atoms with Gasteiger partial charge in [0, 0.05) is 10.4 Å². The van der Waals surface area contributed by atoms with Crippen LogP contribution in [0, 0.1) is 0 Å². The Morgan fingerprint density at radius 2 is 1.81 bits per heavy atom. The van der Waals surface area contributed by atoms with Crippen molar-refractivity contribution in [1.82, 2.24) is 0 Å². The van der Waals surface area contributed by atoms with E-state index in [9.17, 15) is 26.4 Å². The molecule has 4 rings (SSSR count).